The average Bonchev–Trinajstić information content (AvgIpc) is 2.81. The second-order valence-electron chi connectivity index (χ2n) is 4.52. The van der Waals surface area contributed by atoms with Crippen molar-refractivity contribution in [1.82, 2.24) is 4.98 Å². The van der Waals surface area contributed by atoms with E-state index in [-0.39, 0.29) is 11.3 Å². The van der Waals surface area contributed by atoms with Crippen LogP contribution in [0.15, 0.2) is 36.5 Å². The SMILES string of the molecule is COC(C(=O)Nc1c[nH]c(C)c1C(=O)O)c1ccccc1. The van der Waals surface area contributed by atoms with Gasteiger partial charge < -0.3 is 20.1 Å². The van der Waals surface area contributed by atoms with Gasteiger partial charge in [-0.2, -0.15) is 0 Å². The number of ether oxygens (including phenoxy) is 1. The van der Waals surface area contributed by atoms with Crippen LogP contribution in [-0.2, 0) is 9.53 Å². The van der Waals surface area contributed by atoms with Crippen LogP contribution in [0.3, 0.4) is 0 Å². The minimum absolute atomic E-state index is 0.0475. The first-order valence-corrected chi connectivity index (χ1v) is 6.34. The van der Waals surface area contributed by atoms with Crippen molar-refractivity contribution in [2.45, 2.75) is 13.0 Å². The maximum absolute atomic E-state index is 12.3. The minimum Gasteiger partial charge on any atom is -0.478 e. The highest BCUT2D eigenvalue weighted by molar-refractivity contribution is 6.02. The number of carbonyl (C=O) groups is 2. The maximum atomic E-state index is 12.3. The number of hydrogen-bond acceptors (Lipinski definition) is 3. The number of nitrogens with one attached hydrogen (secondary N) is 2. The lowest BCUT2D eigenvalue weighted by atomic mass is 10.1. The van der Waals surface area contributed by atoms with Crippen molar-refractivity contribution >= 4 is 17.6 Å². The Morgan fingerprint density at radius 1 is 1.29 bits per heavy atom. The molecule has 2 aromatic rings. The van der Waals surface area contributed by atoms with Crippen LogP contribution in [-0.4, -0.2) is 29.1 Å². The van der Waals surface area contributed by atoms with Crippen LogP contribution in [0.5, 0.6) is 0 Å². The summed E-state index contributed by atoms with van der Waals surface area (Å²) in [6.45, 7) is 1.63. The topological polar surface area (TPSA) is 91.4 Å². The van der Waals surface area contributed by atoms with Gasteiger partial charge in [-0.25, -0.2) is 4.79 Å². The number of anilines is 1. The lowest BCUT2D eigenvalue weighted by Crippen LogP contribution is -2.23. The Morgan fingerprint density at radius 2 is 1.95 bits per heavy atom. The minimum atomic E-state index is -1.10. The maximum Gasteiger partial charge on any atom is 0.339 e. The van der Waals surface area contributed by atoms with Gasteiger partial charge in [0.15, 0.2) is 6.10 Å². The van der Waals surface area contributed by atoms with E-state index in [4.69, 9.17) is 9.84 Å². The number of hydrogen-bond donors (Lipinski definition) is 3. The van der Waals surface area contributed by atoms with Gasteiger partial charge in [-0.1, -0.05) is 30.3 Å². The molecule has 2 rings (SSSR count). The lowest BCUT2D eigenvalue weighted by Gasteiger charge is -2.15. The van der Waals surface area contributed by atoms with Gasteiger partial charge in [-0.05, 0) is 12.5 Å². The summed E-state index contributed by atoms with van der Waals surface area (Å²) in [6, 6.07) is 8.99. The third-order valence-corrected chi connectivity index (χ3v) is 3.13. The average molecular weight is 288 g/mol. The third-order valence-electron chi connectivity index (χ3n) is 3.13. The van der Waals surface area contributed by atoms with E-state index in [1.54, 1.807) is 31.2 Å². The predicted octanol–water partition coefficient (Wildman–Crippen LogP) is 2.35. The van der Waals surface area contributed by atoms with Gasteiger partial charge in [0.2, 0.25) is 0 Å². The molecule has 110 valence electrons. The lowest BCUT2D eigenvalue weighted by molar-refractivity contribution is -0.126. The van der Waals surface area contributed by atoms with E-state index in [2.05, 4.69) is 10.3 Å². The van der Waals surface area contributed by atoms with Crippen molar-refractivity contribution in [3.63, 3.8) is 0 Å². The summed E-state index contributed by atoms with van der Waals surface area (Å²) in [7, 11) is 1.43. The number of benzene rings is 1. The van der Waals surface area contributed by atoms with Crippen molar-refractivity contribution in [3.05, 3.63) is 53.3 Å². The predicted molar refractivity (Wildman–Crippen MR) is 77.3 cm³/mol. The molecule has 1 atom stereocenters. The Labute approximate surface area is 121 Å². The standard InChI is InChI=1S/C15H16N2O4/c1-9-12(15(19)20)11(8-16-9)17-14(18)13(21-2)10-6-4-3-5-7-10/h3-8,13,16H,1-2H3,(H,17,18)(H,19,20). The van der Waals surface area contributed by atoms with Crippen molar-refractivity contribution in [2.75, 3.05) is 12.4 Å². The Bertz CT molecular complexity index is 649. The summed E-state index contributed by atoms with van der Waals surface area (Å²) < 4.78 is 5.21. The molecule has 0 spiro atoms. The fourth-order valence-electron chi connectivity index (χ4n) is 2.12. The van der Waals surface area contributed by atoms with Crippen molar-refractivity contribution in [3.8, 4) is 0 Å². The van der Waals surface area contributed by atoms with Crippen LogP contribution in [0, 0.1) is 6.92 Å². The van der Waals surface area contributed by atoms with E-state index in [0.717, 1.165) is 0 Å². The van der Waals surface area contributed by atoms with Crippen LogP contribution in [0.4, 0.5) is 5.69 Å². The molecular formula is C15H16N2O4. The number of amides is 1. The van der Waals surface area contributed by atoms with Crippen LogP contribution in [0.1, 0.15) is 27.7 Å². The first kappa shape index (κ1) is 14.8. The molecule has 1 aromatic heterocycles. The molecule has 0 aliphatic carbocycles. The second kappa shape index (κ2) is 6.23. The van der Waals surface area contributed by atoms with Gasteiger partial charge in [-0.3, -0.25) is 4.79 Å². The molecule has 0 fully saturated rings. The monoisotopic (exact) mass is 288 g/mol. The van der Waals surface area contributed by atoms with Crippen LogP contribution in [0.25, 0.3) is 0 Å². The number of aromatic nitrogens is 1. The Balaban J connectivity index is 2.23. The molecule has 1 heterocycles. The number of H-pyrrole nitrogens is 1. The zero-order valence-corrected chi connectivity index (χ0v) is 11.7. The van der Waals surface area contributed by atoms with Gasteiger partial charge in [-0.15, -0.1) is 0 Å². The Hall–Kier alpha value is -2.60. The molecule has 21 heavy (non-hydrogen) atoms. The third kappa shape index (κ3) is 3.11. The number of methoxy groups -OCH3 is 1. The van der Waals surface area contributed by atoms with Gasteiger partial charge in [0, 0.05) is 19.0 Å². The van der Waals surface area contributed by atoms with Crippen LogP contribution < -0.4 is 5.32 Å². The molecule has 6 heteroatoms. The highest BCUT2D eigenvalue weighted by atomic mass is 16.5. The number of rotatable bonds is 5. The number of aromatic carboxylic acids is 1. The van der Waals surface area contributed by atoms with Gasteiger partial charge in [0.1, 0.15) is 5.56 Å². The smallest absolute Gasteiger partial charge is 0.339 e. The summed E-state index contributed by atoms with van der Waals surface area (Å²) in [5.74, 6) is -1.53. The number of aromatic amines is 1. The molecule has 0 radical (unpaired) electrons. The zero-order valence-electron chi connectivity index (χ0n) is 11.7. The first-order valence-electron chi connectivity index (χ1n) is 6.34. The van der Waals surface area contributed by atoms with E-state index >= 15 is 0 Å². The van der Waals surface area contributed by atoms with E-state index in [9.17, 15) is 9.59 Å². The summed E-state index contributed by atoms with van der Waals surface area (Å²) in [5.41, 5.74) is 1.45. The van der Waals surface area contributed by atoms with E-state index < -0.39 is 18.0 Å². The van der Waals surface area contributed by atoms with Crippen LogP contribution >= 0.6 is 0 Å². The van der Waals surface area contributed by atoms with Gasteiger partial charge >= 0.3 is 5.97 Å². The molecule has 3 N–H and O–H groups in total. The quantitative estimate of drug-likeness (QED) is 0.787. The fourth-order valence-corrected chi connectivity index (χ4v) is 2.12. The molecule has 0 aliphatic rings. The second-order valence-corrected chi connectivity index (χ2v) is 4.52. The molecule has 6 nitrogen and oxygen atoms in total. The highest BCUT2D eigenvalue weighted by Crippen LogP contribution is 2.23. The molecule has 0 aliphatic heterocycles. The number of carbonyl (C=O) groups excluding carboxylic acids is 1. The van der Waals surface area contributed by atoms with Crippen molar-refractivity contribution < 1.29 is 19.4 Å². The van der Waals surface area contributed by atoms with E-state index in [1.165, 1.54) is 13.3 Å². The molecule has 1 aromatic carbocycles. The highest BCUT2D eigenvalue weighted by Gasteiger charge is 2.23. The zero-order chi connectivity index (χ0) is 15.4. The van der Waals surface area contributed by atoms with Crippen LogP contribution in [0.2, 0.25) is 0 Å². The molecule has 0 saturated carbocycles. The van der Waals surface area contributed by atoms with Gasteiger partial charge in [0.25, 0.3) is 5.91 Å². The number of carboxylic acids is 1. The first-order chi connectivity index (χ1) is 10.0. The van der Waals surface area contributed by atoms with Crippen molar-refractivity contribution in [2.24, 2.45) is 0 Å². The van der Waals surface area contributed by atoms with E-state index in [1.807, 2.05) is 6.07 Å². The molecular weight excluding hydrogens is 272 g/mol. The number of aryl methyl sites for hydroxylation is 1. The Morgan fingerprint density at radius 3 is 2.52 bits per heavy atom. The Kier molecular flexibility index (Phi) is 4.39. The van der Waals surface area contributed by atoms with E-state index in [0.29, 0.717) is 11.3 Å². The largest absolute Gasteiger partial charge is 0.478 e. The fraction of sp³-hybridized carbons (Fsp3) is 0.200. The molecule has 0 saturated heterocycles. The molecule has 0 bridgehead atoms. The summed E-state index contributed by atoms with van der Waals surface area (Å²) >= 11 is 0. The molecule has 1 amide bonds. The number of carboxylic acid groups (broad SMARTS) is 1. The van der Waals surface area contributed by atoms with Crippen molar-refractivity contribution in [1.29, 1.82) is 0 Å². The normalized spacial score (nSPS) is 11.9. The summed E-state index contributed by atoms with van der Waals surface area (Å²) in [5, 5.41) is 11.7. The molecule has 1 unspecified atom stereocenters. The summed E-state index contributed by atoms with van der Waals surface area (Å²) in [6.07, 6.45) is 0.650. The van der Waals surface area contributed by atoms with Gasteiger partial charge in [0.05, 0.1) is 5.69 Å². The summed E-state index contributed by atoms with van der Waals surface area (Å²) in [4.78, 5) is 26.3.